The van der Waals surface area contributed by atoms with Crippen LogP contribution in [-0.4, -0.2) is 38.3 Å². The van der Waals surface area contributed by atoms with Crippen molar-refractivity contribution in [1.82, 2.24) is 0 Å². The third kappa shape index (κ3) is 1.80. The predicted molar refractivity (Wildman–Crippen MR) is 64.9 cm³/mol. The van der Waals surface area contributed by atoms with Crippen molar-refractivity contribution in [3.8, 4) is 0 Å². The fourth-order valence-electron chi connectivity index (χ4n) is 2.01. The summed E-state index contributed by atoms with van der Waals surface area (Å²) in [5, 5.41) is 8.94. The number of fused-ring (bicyclic) bond motifs is 1. The summed E-state index contributed by atoms with van der Waals surface area (Å²) >= 11 is 5.72. The van der Waals surface area contributed by atoms with Crippen LogP contribution in [0.4, 0.5) is 15.8 Å². The van der Waals surface area contributed by atoms with Crippen molar-refractivity contribution in [3.63, 3.8) is 0 Å². The van der Waals surface area contributed by atoms with Gasteiger partial charge in [0.1, 0.15) is 5.56 Å². The quantitative estimate of drug-likeness (QED) is 0.837. The summed E-state index contributed by atoms with van der Waals surface area (Å²) in [6, 6.07) is 1.47. The average molecular weight is 259 g/mol. The summed E-state index contributed by atoms with van der Waals surface area (Å²) in [6.07, 6.45) is 0. The van der Waals surface area contributed by atoms with E-state index in [2.05, 4.69) is 0 Å². The molecule has 0 aliphatic carbocycles. The van der Waals surface area contributed by atoms with Crippen molar-refractivity contribution in [2.45, 2.75) is 0 Å². The zero-order chi connectivity index (χ0) is 12.7. The minimum absolute atomic E-state index is 0.164. The molecule has 1 heterocycles. The molecule has 0 atom stereocenters. The molecule has 0 unspecified atom stereocenters. The summed E-state index contributed by atoms with van der Waals surface area (Å²) in [7, 11) is 3.57. The van der Waals surface area contributed by atoms with Crippen molar-refractivity contribution in [2.24, 2.45) is 0 Å². The fourth-order valence-corrected chi connectivity index (χ4v) is 2.21. The summed E-state index contributed by atoms with van der Waals surface area (Å²) in [6.45, 7) is 1.38. The Morgan fingerprint density at radius 3 is 2.59 bits per heavy atom. The first-order valence-electron chi connectivity index (χ1n) is 5.11. The second-order valence-corrected chi connectivity index (χ2v) is 4.47. The van der Waals surface area contributed by atoms with Gasteiger partial charge in [0.05, 0.1) is 16.4 Å². The summed E-state index contributed by atoms with van der Waals surface area (Å²) in [5.41, 5.74) is 0.664. The van der Waals surface area contributed by atoms with Gasteiger partial charge in [0.2, 0.25) is 0 Å². The molecular formula is C11H12ClFN2O2. The molecule has 1 aromatic carbocycles. The Labute approximate surface area is 103 Å². The first kappa shape index (κ1) is 12.0. The van der Waals surface area contributed by atoms with Crippen LogP contribution < -0.4 is 9.80 Å². The van der Waals surface area contributed by atoms with E-state index in [4.69, 9.17) is 16.7 Å². The van der Waals surface area contributed by atoms with Gasteiger partial charge in [-0.3, -0.25) is 0 Å². The molecule has 0 saturated carbocycles. The van der Waals surface area contributed by atoms with Gasteiger partial charge in [-0.15, -0.1) is 0 Å². The van der Waals surface area contributed by atoms with Crippen LogP contribution in [0.3, 0.4) is 0 Å². The highest BCUT2D eigenvalue weighted by molar-refractivity contribution is 6.31. The van der Waals surface area contributed by atoms with Crippen LogP contribution in [0.2, 0.25) is 5.02 Å². The number of benzene rings is 1. The molecule has 0 radical (unpaired) electrons. The van der Waals surface area contributed by atoms with E-state index in [1.807, 2.05) is 11.9 Å². The van der Waals surface area contributed by atoms with Crippen LogP contribution >= 0.6 is 11.6 Å². The van der Waals surface area contributed by atoms with E-state index < -0.39 is 11.8 Å². The number of carboxylic acid groups (broad SMARTS) is 1. The van der Waals surface area contributed by atoms with E-state index in [9.17, 15) is 9.18 Å². The maximum absolute atomic E-state index is 13.8. The van der Waals surface area contributed by atoms with Crippen molar-refractivity contribution in [2.75, 3.05) is 37.0 Å². The average Bonchev–Trinajstić information content (AvgIpc) is 2.26. The zero-order valence-electron chi connectivity index (χ0n) is 9.50. The highest BCUT2D eigenvalue weighted by atomic mass is 35.5. The maximum Gasteiger partial charge on any atom is 0.340 e. The number of nitrogens with zero attached hydrogens (tertiary/aromatic N) is 2. The molecule has 0 bridgehead atoms. The van der Waals surface area contributed by atoms with E-state index in [1.54, 1.807) is 11.9 Å². The van der Waals surface area contributed by atoms with Gasteiger partial charge in [-0.2, -0.15) is 0 Å². The SMILES string of the molecule is CN1CCN(C)c2c1cc(Cl)c(F)c2C(=O)O. The molecule has 2 rings (SSSR count). The second-order valence-electron chi connectivity index (χ2n) is 4.06. The number of carboxylic acids is 1. The maximum atomic E-state index is 13.8. The minimum Gasteiger partial charge on any atom is -0.478 e. The number of rotatable bonds is 1. The Kier molecular flexibility index (Phi) is 2.87. The Bertz CT molecular complexity index is 493. The Morgan fingerprint density at radius 1 is 1.41 bits per heavy atom. The van der Waals surface area contributed by atoms with Gasteiger partial charge in [-0.05, 0) is 6.07 Å². The van der Waals surface area contributed by atoms with Gasteiger partial charge in [0, 0.05) is 27.2 Å². The molecule has 6 heteroatoms. The fraction of sp³-hybridized carbons (Fsp3) is 0.364. The van der Waals surface area contributed by atoms with Crippen LogP contribution in [-0.2, 0) is 0 Å². The molecule has 0 saturated heterocycles. The standard InChI is InChI=1S/C11H12ClFN2O2/c1-14-3-4-15(2)10-7(14)5-6(12)9(13)8(10)11(16)17/h5H,3-4H2,1-2H3,(H,16,17). The van der Waals surface area contributed by atoms with Crippen molar-refractivity contribution in [3.05, 3.63) is 22.5 Å². The summed E-state index contributed by atoms with van der Waals surface area (Å²) in [5.74, 6) is -2.18. The number of likely N-dealkylation sites (N-methyl/N-ethyl adjacent to an activating group) is 2. The molecule has 1 aliphatic heterocycles. The van der Waals surface area contributed by atoms with Crippen molar-refractivity contribution >= 4 is 28.9 Å². The second kappa shape index (κ2) is 4.07. The number of hydrogen-bond acceptors (Lipinski definition) is 3. The summed E-state index contributed by atoms with van der Waals surface area (Å²) < 4.78 is 13.8. The number of halogens is 2. The zero-order valence-corrected chi connectivity index (χ0v) is 10.3. The Balaban J connectivity index is 2.77. The Hall–Kier alpha value is -1.49. The molecule has 17 heavy (non-hydrogen) atoms. The lowest BCUT2D eigenvalue weighted by molar-refractivity contribution is 0.0692. The van der Waals surface area contributed by atoms with Gasteiger partial charge in [0.25, 0.3) is 0 Å². The number of hydrogen-bond donors (Lipinski definition) is 1. The van der Waals surface area contributed by atoms with E-state index in [-0.39, 0.29) is 10.6 Å². The number of aromatic carboxylic acids is 1. The third-order valence-corrected chi connectivity index (χ3v) is 3.22. The highest BCUT2D eigenvalue weighted by Gasteiger charge is 2.29. The molecule has 0 aromatic heterocycles. The molecule has 1 aliphatic rings. The monoisotopic (exact) mass is 258 g/mol. The van der Waals surface area contributed by atoms with Crippen LogP contribution in [0.25, 0.3) is 0 Å². The molecule has 0 spiro atoms. The lowest BCUT2D eigenvalue weighted by atomic mass is 10.1. The highest BCUT2D eigenvalue weighted by Crippen LogP contribution is 2.39. The van der Waals surface area contributed by atoms with Crippen LogP contribution in [0, 0.1) is 5.82 Å². The van der Waals surface area contributed by atoms with Crippen LogP contribution in [0.15, 0.2) is 6.07 Å². The van der Waals surface area contributed by atoms with Crippen LogP contribution in [0.5, 0.6) is 0 Å². The lowest BCUT2D eigenvalue weighted by Gasteiger charge is -2.35. The van der Waals surface area contributed by atoms with Gasteiger partial charge in [-0.1, -0.05) is 11.6 Å². The molecule has 1 N–H and O–H groups in total. The van der Waals surface area contributed by atoms with E-state index in [0.29, 0.717) is 17.9 Å². The van der Waals surface area contributed by atoms with Gasteiger partial charge < -0.3 is 14.9 Å². The molecule has 92 valence electrons. The first-order chi connectivity index (χ1) is 7.93. The van der Waals surface area contributed by atoms with Gasteiger partial charge in [0.15, 0.2) is 5.82 Å². The van der Waals surface area contributed by atoms with Crippen molar-refractivity contribution < 1.29 is 14.3 Å². The van der Waals surface area contributed by atoms with E-state index in [1.165, 1.54) is 6.07 Å². The minimum atomic E-state index is -1.30. The predicted octanol–water partition coefficient (Wildman–Crippen LogP) is 2.06. The normalized spacial score (nSPS) is 14.8. The molecule has 0 fully saturated rings. The topological polar surface area (TPSA) is 43.8 Å². The molecule has 1 aromatic rings. The first-order valence-corrected chi connectivity index (χ1v) is 5.49. The van der Waals surface area contributed by atoms with Crippen LogP contribution in [0.1, 0.15) is 10.4 Å². The number of carbonyl (C=O) groups is 1. The smallest absolute Gasteiger partial charge is 0.340 e. The van der Waals surface area contributed by atoms with Crippen molar-refractivity contribution in [1.29, 1.82) is 0 Å². The summed E-state index contributed by atoms with van der Waals surface area (Å²) in [4.78, 5) is 14.8. The van der Waals surface area contributed by atoms with E-state index >= 15 is 0 Å². The largest absolute Gasteiger partial charge is 0.478 e. The van der Waals surface area contributed by atoms with Gasteiger partial charge >= 0.3 is 5.97 Å². The Morgan fingerprint density at radius 2 is 2.00 bits per heavy atom. The van der Waals surface area contributed by atoms with Gasteiger partial charge in [-0.25, -0.2) is 9.18 Å². The van der Waals surface area contributed by atoms with E-state index in [0.717, 1.165) is 6.54 Å². The molecule has 4 nitrogen and oxygen atoms in total. The molecule has 0 amide bonds. The molecular weight excluding hydrogens is 247 g/mol. The third-order valence-electron chi connectivity index (χ3n) is 2.95. The number of anilines is 2. The lowest BCUT2D eigenvalue weighted by Crippen LogP contribution is -2.38.